The molecule has 0 radical (unpaired) electrons. The number of alkyl halides is 3. The van der Waals surface area contributed by atoms with Crippen LogP contribution in [0.1, 0.15) is 18.1 Å². The number of thioether (sulfide) groups is 1. The van der Waals surface area contributed by atoms with Crippen molar-refractivity contribution in [3.63, 3.8) is 0 Å². The van der Waals surface area contributed by atoms with Crippen LogP contribution in [0.3, 0.4) is 0 Å². The van der Waals surface area contributed by atoms with Gasteiger partial charge in [0.1, 0.15) is 0 Å². The number of aryl methyl sites for hydroxylation is 1. The molecular formula is C12H16F3N3S. The van der Waals surface area contributed by atoms with Crippen molar-refractivity contribution >= 4 is 17.7 Å². The van der Waals surface area contributed by atoms with Crippen LogP contribution in [0, 0.1) is 12.3 Å². The second kappa shape index (κ2) is 6.18. The molecule has 0 aromatic heterocycles. The lowest BCUT2D eigenvalue weighted by molar-refractivity contribution is -0.0328. The largest absolute Gasteiger partial charge is 0.446 e. The summed E-state index contributed by atoms with van der Waals surface area (Å²) in [4.78, 5) is 1.66. The van der Waals surface area contributed by atoms with E-state index < -0.39 is 5.51 Å². The van der Waals surface area contributed by atoms with Crippen molar-refractivity contribution in [2.75, 3.05) is 6.54 Å². The van der Waals surface area contributed by atoms with Crippen LogP contribution in [0.5, 0.6) is 0 Å². The molecular weight excluding hydrogens is 275 g/mol. The van der Waals surface area contributed by atoms with Gasteiger partial charge in [-0.3, -0.25) is 5.41 Å². The highest BCUT2D eigenvalue weighted by Gasteiger charge is 2.30. The first-order valence-electron chi connectivity index (χ1n) is 5.67. The Labute approximate surface area is 114 Å². The third-order valence-corrected chi connectivity index (χ3v) is 3.37. The number of nitrogens with zero attached hydrogens (tertiary/aromatic N) is 1. The summed E-state index contributed by atoms with van der Waals surface area (Å²) in [5.41, 5.74) is 2.47. The zero-order valence-corrected chi connectivity index (χ0v) is 11.5. The summed E-state index contributed by atoms with van der Waals surface area (Å²) < 4.78 is 37.4. The van der Waals surface area contributed by atoms with Gasteiger partial charge in [0.2, 0.25) is 0 Å². The average molecular weight is 291 g/mol. The lowest BCUT2D eigenvalue weighted by atomic mass is 10.1. The highest BCUT2D eigenvalue weighted by Crippen LogP contribution is 2.39. The van der Waals surface area contributed by atoms with Crippen molar-refractivity contribution in [2.24, 2.45) is 5.73 Å². The molecule has 0 aliphatic rings. The van der Waals surface area contributed by atoms with Gasteiger partial charge in [0, 0.05) is 18.0 Å². The van der Waals surface area contributed by atoms with E-state index in [1.165, 1.54) is 11.0 Å². The summed E-state index contributed by atoms with van der Waals surface area (Å²) in [5.74, 6) is -0.146. The summed E-state index contributed by atoms with van der Waals surface area (Å²) >= 11 is -0.138. The molecule has 0 atom stereocenters. The summed E-state index contributed by atoms with van der Waals surface area (Å²) in [7, 11) is 0. The van der Waals surface area contributed by atoms with Gasteiger partial charge in [-0.2, -0.15) is 13.2 Å². The highest BCUT2D eigenvalue weighted by atomic mass is 32.2. The van der Waals surface area contributed by atoms with Crippen molar-refractivity contribution in [2.45, 2.75) is 30.8 Å². The van der Waals surface area contributed by atoms with Gasteiger partial charge < -0.3 is 10.6 Å². The lowest BCUT2D eigenvalue weighted by Gasteiger charge is -2.22. The topological polar surface area (TPSA) is 53.1 Å². The fourth-order valence-corrected chi connectivity index (χ4v) is 2.27. The zero-order valence-electron chi connectivity index (χ0n) is 10.7. The van der Waals surface area contributed by atoms with Gasteiger partial charge in [-0.1, -0.05) is 17.7 Å². The monoisotopic (exact) mass is 291 g/mol. The van der Waals surface area contributed by atoms with Crippen molar-refractivity contribution < 1.29 is 13.2 Å². The van der Waals surface area contributed by atoms with Crippen LogP contribution in [-0.4, -0.2) is 22.9 Å². The second-order valence-corrected chi connectivity index (χ2v) is 5.17. The van der Waals surface area contributed by atoms with E-state index in [0.29, 0.717) is 12.1 Å². The zero-order chi connectivity index (χ0) is 14.6. The molecule has 0 heterocycles. The second-order valence-electron chi connectivity index (χ2n) is 4.06. The summed E-state index contributed by atoms with van der Waals surface area (Å²) in [6, 6.07) is 4.79. The van der Waals surface area contributed by atoms with E-state index >= 15 is 0 Å². The fourth-order valence-electron chi connectivity index (χ4n) is 1.63. The minimum absolute atomic E-state index is 0.138. The standard InChI is InChI=1S/C12H16F3N3S/c1-3-18(11(16)17)7-9-6-8(2)4-5-10(9)19-12(13,14)15/h4-6H,3,7H2,1-2H3,(H3,16,17). The van der Waals surface area contributed by atoms with Crippen LogP contribution in [-0.2, 0) is 6.54 Å². The maximum absolute atomic E-state index is 12.5. The molecule has 0 bridgehead atoms. The van der Waals surface area contributed by atoms with E-state index in [0.717, 1.165) is 5.56 Å². The van der Waals surface area contributed by atoms with Crippen LogP contribution in [0.2, 0.25) is 0 Å². The average Bonchev–Trinajstić information content (AvgIpc) is 2.27. The van der Waals surface area contributed by atoms with Crippen molar-refractivity contribution in [1.82, 2.24) is 4.90 Å². The first kappa shape index (κ1) is 15.7. The van der Waals surface area contributed by atoms with Crippen LogP contribution >= 0.6 is 11.8 Å². The fraction of sp³-hybridized carbons (Fsp3) is 0.417. The van der Waals surface area contributed by atoms with Crippen LogP contribution in [0.15, 0.2) is 23.1 Å². The minimum Gasteiger partial charge on any atom is -0.370 e. The smallest absolute Gasteiger partial charge is 0.370 e. The Bertz CT molecular complexity index is 460. The van der Waals surface area contributed by atoms with Crippen LogP contribution in [0.25, 0.3) is 0 Å². The van der Waals surface area contributed by atoms with Gasteiger partial charge >= 0.3 is 5.51 Å². The molecule has 1 aromatic rings. The van der Waals surface area contributed by atoms with Crippen LogP contribution < -0.4 is 5.73 Å². The van der Waals surface area contributed by atoms with E-state index in [4.69, 9.17) is 11.1 Å². The third-order valence-electron chi connectivity index (χ3n) is 2.53. The Morgan fingerprint density at radius 3 is 2.53 bits per heavy atom. The quantitative estimate of drug-likeness (QED) is 0.508. The number of hydrogen-bond donors (Lipinski definition) is 2. The Morgan fingerprint density at radius 2 is 2.05 bits per heavy atom. The van der Waals surface area contributed by atoms with Crippen molar-refractivity contribution in [1.29, 1.82) is 5.41 Å². The normalized spacial score (nSPS) is 11.4. The molecule has 0 fully saturated rings. The SMILES string of the molecule is CCN(Cc1cc(C)ccc1SC(F)(F)F)C(=N)N. The molecule has 7 heteroatoms. The predicted molar refractivity (Wildman–Crippen MR) is 71.1 cm³/mol. The number of rotatable bonds is 4. The number of halogens is 3. The summed E-state index contributed by atoms with van der Waals surface area (Å²) in [5, 5.41) is 7.38. The molecule has 0 unspecified atom stereocenters. The van der Waals surface area contributed by atoms with Gasteiger partial charge in [-0.05, 0) is 37.2 Å². The molecule has 0 amide bonds. The van der Waals surface area contributed by atoms with Crippen molar-refractivity contribution in [3.05, 3.63) is 29.3 Å². The number of guanidine groups is 1. The molecule has 0 spiro atoms. The Morgan fingerprint density at radius 1 is 1.42 bits per heavy atom. The van der Waals surface area contributed by atoms with E-state index in [2.05, 4.69) is 0 Å². The minimum atomic E-state index is -4.32. The maximum Gasteiger partial charge on any atom is 0.446 e. The van der Waals surface area contributed by atoms with E-state index in [1.807, 2.05) is 6.92 Å². The predicted octanol–water partition coefficient (Wildman–Crippen LogP) is 3.32. The third kappa shape index (κ3) is 5.02. The Kier molecular flexibility index (Phi) is 5.11. The first-order chi connectivity index (χ1) is 8.73. The molecule has 19 heavy (non-hydrogen) atoms. The van der Waals surface area contributed by atoms with E-state index in [9.17, 15) is 13.2 Å². The summed E-state index contributed by atoms with van der Waals surface area (Å²) in [6.07, 6.45) is 0. The van der Waals surface area contributed by atoms with Gasteiger partial charge in [0.15, 0.2) is 5.96 Å². The lowest BCUT2D eigenvalue weighted by Crippen LogP contribution is -2.35. The van der Waals surface area contributed by atoms with Gasteiger partial charge in [0.25, 0.3) is 0 Å². The Hall–Kier alpha value is -1.37. The highest BCUT2D eigenvalue weighted by molar-refractivity contribution is 8.00. The Balaban J connectivity index is 3.03. The number of benzene rings is 1. The van der Waals surface area contributed by atoms with Crippen molar-refractivity contribution in [3.8, 4) is 0 Å². The number of nitrogens with two attached hydrogens (primary N) is 1. The molecule has 1 aromatic carbocycles. The van der Waals surface area contributed by atoms with Crippen LogP contribution in [0.4, 0.5) is 13.2 Å². The van der Waals surface area contributed by atoms with Gasteiger partial charge in [0.05, 0.1) is 0 Å². The first-order valence-corrected chi connectivity index (χ1v) is 6.49. The van der Waals surface area contributed by atoms with Gasteiger partial charge in [-0.15, -0.1) is 0 Å². The molecule has 3 N–H and O–H groups in total. The number of hydrogen-bond acceptors (Lipinski definition) is 2. The van der Waals surface area contributed by atoms with E-state index in [1.54, 1.807) is 19.1 Å². The molecule has 0 aliphatic carbocycles. The number of nitrogens with one attached hydrogen (secondary N) is 1. The molecule has 0 saturated heterocycles. The molecule has 1 rings (SSSR count). The molecule has 3 nitrogen and oxygen atoms in total. The van der Waals surface area contributed by atoms with Gasteiger partial charge in [-0.25, -0.2) is 0 Å². The molecule has 106 valence electrons. The summed E-state index contributed by atoms with van der Waals surface area (Å²) in [6.45, 7) is 4.29. The molecule has 0 saturated carbocycles. The molecule has 0 aliphatic heterocycles. The maximum atomic E-state index is 12.5. The van der Waals surface area contributed by atoms with E-state index in [-0.39, 0.29) is 29.2 Å².